The number of hydrogen-bond acceptors (Lipinski definition) is 2. The summed E-state index contributed by atoms with van der Waals surface area (Å²) in [5.74, 6) is 1.42. The van der Waals surface area contributed by atoms with Gasteiger partial charge in [-0.05, 0) is 51.1 Å². The Hall–Kier alpha value is -1.55. The van der Waals surface area contributed by atoms with E-state index in [-0.39, 0.29) is 0 Å². The highest BCUT2D eigenvalue weighted by Gasteiger charge is 2.36. The topological polar surface area (TPSA) is 39.7 Å². The minimum Gasteiger partial charge on any atom is -0.356 e. The van der Waals surface area contributed by atoms with Crippen molar-refractivity contribution in [3.63, 3.8) is 0 Å². The van der Waals surface area contributed by atoms with Gasteiger partial charge in [-0.2, -0.15) is 0 Å². The van der Waals surface area contributed by atoms with E-state index in [0.717, 1.165) is 24.6 Å². The van der Waals surface area contributed by atoms with Crippen molar-refractivity contribution in [1.29, 1.82) is 0 Å². The van der Waals surface area contributed by atoms with Crippen molar-refractivity contribution in [1.82, 2.24) is 15.5 Å². The molecular weight excluding hydrogens is 308 g/mol. The predicted molar refractivity (Wildman–Crippen MR) is 106 cm³/mol. The van der Waals surface area contributed by atoms with Crippen LogP contribution in [0.3, 0.4) is 0 Å². The number of nitrogens with zero attached hydrogens (tertiary/aromatic N) is 2. The molecule has 3 rings (SSSR count). The van der Waals surface area contributed by atoms with Gasteiger partial charge in [0.15, 0.2) is 5.96 Å². The molecule has 1 aromatic carbocycles. The SMILES string of the molecule is CN=C(NCC(C)c1ccc(C)cc1)NC1CC2CCCC(C1)N2C. The van der Waals surface area contributed by atoms with Crippen LogP contribution < -0.4 is 10.6 Å². The number of nitrogens with one attached hydrogen (secondary N) is 2. The Kier molecular flexibility index (Phi) is 6.00. The number of guanidine groups is 1. The summed E-state index contributed by atoms with van der Waals surface area (Å²) in [5, 5.41) is 7.21. The third kappa shape index (κ3) is 4.55. The second kappa shape index (κ2) is 8.22. The van der Waals surface area contributed by atoms with Gasteiger partial charge >= 0.3 is 0 Å². The van der Waals surface area contributed by atoms with Gasteiger partial charge in [-0.15, -0.1) is 0 Å². The molecule has 4 heteroatoms. The second-order valence-electron chi connectivity index (χ2n) is 7.98. The second-order valence-corrected chi connectivity index (χ2v) is 7.98. The maximum absolute atomic E-state index is 4.46. The van der Waals surface area contributed by atoms with E-state index in [2.05, 4.69) is 65.7 Å². The predicted octanol–water partition coefficient (Wildman–Crippen LogP) is 3.28. The van der Waals surface area contributed by atoms with Crippen LogP contribution in [0, 0.1) is 6.92 Å². The lowest BCUT2D eigenvalue weighted by molar-refractivity contribution is 0.0526. The van der Waals surface area contributed by atoms with Crippen molar-refractivity contribution in [2.24, 2.45) is 4.99 Å². The first-order valence-electron chi connectivity index (χ1n) is 9.82. The van der Waals surface area contributed by atoms with E-state index in [1.54, 1.807) is 0 Å². The van der Waals surface area contributed by atoms with E-state index in [1.165, 1.54) is 43.2 Å². The van der Waals surface area contributed by atoms with Crippen LogP contribution in [0.5, 0.6) is 0 Å². The van der Waals surface area contributed by atoms with Gasteiger partial charge in [-0.1, -0.05) is 43.2 Å². The fourth-order valence-corrected chi connectivity index (χ4v) is 4.38. The fraction of sp³-hybridized carbons (Fsp3) is 0.667. The van der Waals surface area contributed by atoms with E-state index in [1.807, 2.05) is 7.05 Å². The minimum atomic E-state index is 0.469. The van der Waals surface area contributed by atoms with Crippen LogP contribution in [0.25, 0.3) is 0 Å². The van der Waals surface area contributed by atoms with Crippen LogP contribution in [-0.4, -0.2) is 49.6 Å². The summed E-state index contributed by atoms with van der Waals surface area (Å²) in [4.78, 5) is 7.06. The van der Waals surface area contributed by atoms with E-state index in [0.29, 0.717) is 12.0 Å². The first kappa shape index (κ1) is 18.2. The molecule has 2 aliphatic rings. The van der Waals surface area contributed by atoms with E-state index >= 15 is 0 Å². The molecule has 2 bridgehead atoms. The molecule has 0 amide bonds. The summed E-state index contributed by atoms with van der Waals surface area (Å²) in [5.41, 5.74) is 2.69. The molecule has 25 heavy (non-hydrogen) atoms. The average Bonchev–Trinajstić information content (AvgIpc) is 2.59. The molecule has 2 saturated heterocycles. The van der Waals surface area contributed by atoms with Gasteiger partial charge in [-0.25, -0.2) is 0 Å². The van der Waals surface area contributed by atoms with Gasteiger partial charge in [0.2, 0.25) is 0 Å². The fourth-order valence-electron chi connectivity index (χ4n) is 4.38. The highest BCUT2D eigenvalue weighted by atomic mass is 15.2. The number of fused-ring (bicyclic) bond motifs is 2. The van der Waals surface area contributed by atoms with Gasteiger partial charge in [-0.3, -0.25) is 4.99 Å². The Morgan fingerprint density at radius 1 is 1.20 bits per heavy atom. The van der Waals surface area contributed by atoms with E-state index in [9.17, 15) is 0 Å². The van der Waals surface area contributed by atoms with Crippen LogP contribution in [0.1, 0.15) is 56.1 Å². The number of hydrogen-bond donors (Lipinski definition) is 2. The monoisotopic (exact) mass is 342 g/mol. The van der Waals surface area contributed by atoms with Gasteiger partial charge < -0.3 is 15.5 Å². The lowest BCUT2D eigenvalue weighted by Gasteiger charge is -2.47. The standard InChI is InChI=1S/C21H34N4/c1-15-8-10-17(11-9-15)16(2)14-23-21(22-3)24-18-12-19-6-5-7-20(13-18)25(19)4/h8-11,16,18-20H,5-7,12-14H2,1-4H3,(H2,22,23,24). The zero-order valence-corrected chi connectivity index (χ0v) is 16.3. The van der Waals surface area contributed by atoms with Gasteiger partial charge in [0.05, 0.1) is 0 Å². The van der Waals surface area contributed by atoms with Crippen LogP contribution in [0.4, 0.5) is 0 Å². The van der Waals surface area contributed by atoms with E-state index < -0.39 is 0 Å². The number of aryl methyl sites for hydroxylation is 1. The van der Waals surface area contributed by atoms with Crippen molar-refractivity contribution < 1.29 is 0 Å². The summed E-state index contributed by atoms with van der Waals surface area (Å²) in [6, 6.07) is 10.9. The van der Waals surface area contributed by atoms with Crippen LogP contribution in [-0.2, 0) is 0 Å². The Labute approximate surface area is 153 Å². The highest BCUT2D eigenvalue weighted by molar-refractivity contribution is 5.80. The number of rotatable bonds is 4. The lowest BCUT2D eigenvalue weighted by atomic mass is 9.82. The van der Waals surface area contributed by atoms with Crippen molar-refractivity contribution >= 4 is 5.96 Å². The van der Waals surface area contributed by atoms with Gasteiger partial charge in [0.25, 0.3) is 0 Å². The minimum absolute atomic E-state index is 0.469. The van der Waals surface area contributed by atoms with Crippen molar-refractivity contribution in [2.45, 2.75) is 70.0 Å². The Bertz CT molecular complexity index is 566. The first-order valence-corrected chi connectivity index (χ1v) is 9.82. The molecule has 138 valence electrons. The maximum atomic E-state index is 4.46. The number of piperidine rings is 2. The summed E-state index contributed by atoms with van der Waals surface area (Å²) < 4.78 is 0. The molecule has 1 aromatic rings. The summed E-state index contributed by atoms with van der Waals surface area (Å²) in [7, 11) is 4.18. The molecular formula is C21H34N4. The first-order chi connectivity index (χ1) is 12.1. The van der Waals surface area contributed by atoms with Crippen molar-refractivity contribution in [3.8, 4) is 0 Å². The molecule has 2 fully saturated rings. The molecule has 0 aromatic heterocycles. The molecule has 3 atom stereocenters. The number of aliphatic imine (C=N–C) groups is 1. The highest BCUT2D eigenvalue weighted by Crippen LogP contribution is 2.32. The summed E-state index contributed by atoms with van der Waals surface area (Å²) in [6.45, 7) is 5.31. The zero-order valence-electron chi connectivity index (χ0n) is 16.3. The molecule has 2 N–H and O–H groups in total. The average molecular weight is 343 g/mol. The zero-order chi connectivity index (χ0) is 17.8. The Morgan fingerprint density at radius 3 is 2.44 bits per heavy atom. The van der Waals surface area contributed by atoms with Gasteiger partial charge in [0, 0.05) is 31.7 Å². The molecule has 4 nitrogen and oxygen atoms in total. The molecule has 0 aliphatic carbocycles. The van der Waals surface area contributed by atoms with Crippen LogP contribution >= 0.6 is 0 Å². The largest absolute Gasteiger partial charge is 0.356 e. The lowest BCUT2D eigenvalue weighted by Crippen LogP contribution is -2.56. The van der Waals surface area contributed by atoms with Crippen LogP contribution in [0.2, 0.25) is 0 Å². The number of benzene rings is 1. The molecule has 0 radical (unpaired) electrons. The maximum Gasteiger partial charge on any atom is 0.191 e. The normalized spacial score (nSPS) is 28.5. The van der Waals surface area contributed by atoms with Crippen LogP contribution in [0.15, 0.2) is 29.3 Å². The van der Waals surface area contributed by atoms with Crippen molar-refractivity contribution in [2.75, 3.05) is 20.6 Å². The third-order valence-corrected chi connectivity index (χ3v) is 6.13. The molecule has 0 saturated carbocycles. The van der Waals surface area contributed by atoms with Gasteiger partial charge in [0.1, 0.15) is 0 Å². The van der Waals surface area contributed by atoms with E-state index in [4.69, 9.17) is 0 Å². The Morgan fingerprint density at radius 2 is 1.84 bits per heavy atom. The van der Waals surface area contributed by atoms with Crippen molar-refractivity contribution in [3.05, 3.63) is 35.4 Å². The smallest absolute Gasteiger partial charge is 0.191 e. The molecule has 2 aliphatic heterocycles. The molecule has 0 spiro atoms. The quantitative estimate of drug-likeness (QED) is 0.652. The summed E-state index contributed by atoms with van der Waals surface area (Å²) in [6.07, 6.45) is 6.57. The molecule has 2 heterocycles. The summed E-state index contributed by atoms with van der Waals surface area (Å²) >= 11 is 0. The third-order valence-electron chi connectivity index (χ3n) is 6.13. The molecule has 3 unspecified atom stereocenters. The Balaban J connectivity index is 1.50.